The monoisotopic (exact) mass is 473 g/mol. The van der Waals surface area contributed by atoms with Gasteiger partial charge in [0.25, 0.3) is 10.0 Å². The number of nitrogens with one attached hydrogen (secondary N) is 2. The average molecular weight is 474 g/mol. The number of anilines is 2. The van der Waals surface area contributed by atoms with Crippen LogP contribution in [0.5, 0.6) is 5.75 Å². The number of aryl methyl sites for hydroxylation is 1. The molecule has 2 N–H and O–H groups in total. The van der Waals surface area contributed by atoms with E-state index in [0.29, 0.717) is 34.9 Å². The van der Waals surface area contributed by atoms with Crippen molar-refractivity contribution in [1.82, 2.24) is 5.32 Å². The molecule has 9 heteroatoms. The molecule has 3 aromatic rings. The molecular weight excluding hydrogens is 445 g/mol. The quantitative estimate of drug-likeness (QED) is 0.553. The molecule has 0 radical (unpaired) electrons. The number of ether oxygens (including phenoxy) is 1. The lowest BCUT2D eigenvalue weighted by molar-refractivity contribution is 0.406. The third-order valence-electron chi connectivity index (χ3n) is 5.60. The first kappa shape index (κ1) is 23.1. The molecule has 7 nitrogen and oxygen atoms in total. The van der Waals surface area contributed by atoms with E-state index in [-0.39, 0.29) is 5.69 Å². The largest absolute Gasteiger partial charge is 0.495 e. The van der Waals surface area contributed by atoms with E-state index in [4.69, 9.17) is 9.15 Å². The van der Waals surface area contributed by atoms with Crippen molar-refractivity contribution in [3.8, 4) is 17.1 Å². The molecular formula is C24H28FN3O4S. The van der Waals surface area contributed by atoms with E-state index in [9.17, 15) is 12.8 Å². The molecule has 0 aliphatic carbocycles. The summed E-state index contributed by atoms with van der Waals surface area (Å²) in [6.07, 6.45) is 0. The number of rotatable bonds is 6. The highest BCUT2D eigenvalue weighted by atomic mass is 32.2. The summed E-state index contributed by atoms with van der Waals surface area (Å²) in [6.45, 7) is 7.56. The van der Waals surface area contributed by atoms with E-state index in [1.54, 1.807) is 31.2 Å². The fourth-order valence-corrected chi connectivity index (χ4v) is 5.29. The number of halogens is 1. The standard InChI is InChI=1S/C24H28FN3O4S/c1-15-13-28(14-16(2)26-15)19-7-9-23(31-4)21(12-19)27-33(29,30)24-10-6-18(11-20(24)25)22-8-5-17(3)32-22/h5-12,15-16,26-27H,13-14H2,1-4H3. The number of hydrogen-bond acceptors (Lipinski definition) is 6. The molecule has 2 heterocycles. The Labute approximate surface area is 193 Å². The highest BCUT2D eigenvalue weighted by Gasteiger charge is 2.25. The number of piperazine rings is 1. The van der Waals surface area contributed by atoms with Crippen LogP contribution in [-0.4, -0.2) is 40.7 Å². The van der Waals surface area contributed by atoms with Crippen molar-refractivity contribution in [2.45, 2.75) is 37.8 Å². The third kappa shape index (κ3) is 4.99. The Hall–Kier alpha value is -3.04. The van der Waals surface area contributed by atoms with Gasteiger partial charge in [0.2, 0.25) is 0 Å². The average Bonchev–Trinajstić information content (AvgIpc) is 3.19. The molecule has 0 amide bonds. The summed E-state index contributed by atoms with van der Waals surface area (Å²) in [4.78, 5) is 1.73. The van der Waals surface area contributed by atoms with Gasteiger partial charge in [0.1, 0.15) is 28.0 Å². The van der Waals surface area contributed by atoms with Crippen LogP contribution >= 0.6 is 0 Å². The Morgan fingerprint density at radius 1 is 1.09 bits per heavy atom. The van der Waals surface area contributed by atoms with Gasteiger partial charge in [-0.2, -0.15) is 0 Å². The van der Waals surface area contributed by atoms with Crippen LogP contribution in [0.25, 0.3) is 11.3 Å². The summed E-state index contributed by atoms with van der Waals surface area (Å²) in [5, 5.41) is 3.47. The van der Waals surface area contributed by atoms with Crippen molar-refractivity contribution in [3.63, 3.8) is 0 Å². The maximum absolute atomic E-state index is 14.9. The molecule has 1 saturated heterocycles. The molecule has 1 fully saturated rings. The summed E-state index contributed by atoms with van der Waals surface area (Å²) < 4.78 is 54.4. The minimum atomic E-state index is -4.21. The molecule has 1 aliphatic rings. The maximum atomic E-state index is 14.9. The van der Waals surface area contributed by atoms with Gasteiger partial charge in [-0.15, -0.1) is 0 Å². The molecule has 0 saturated carbocycles. The number of sulfonamides is 1. The summed E-state index contributed by atoms with van der Waals surface area (Å²) in [5.74, 6) is 0.636. The smallest absolute Gasteiger partial charge is 0.264 e. The van der Waals surface area contributed by atoms with Gasteiger partial charge < -0.3 is 19.4 Å². The van der Waals surface area contributed by atoms with Crippen LogP contribution in [0.2, 0.25) is 0 Å². The van der Waals surface area contributed by atoms with Gasteiger partial charge in [-0.1, -0.05) is 0 Å². The predicted octanol–water partition coefficient (Wildman–Crippen LogP) is 4.39. The molecule has 2 unspecified atom stereocenters. The molecule has 33 heavy (non-hydrogen) atoms. The lowest BCUT2D eigenvalue weighted by atomic mass is 10.1. The normalized spacial score (nSPS) is 18.9. The van der Waals surface area contributed by atoms with Crippen LogP contribution in [-0.2, 0) is 10.0 Å². The highest BCUT2D eigenvalue weighted by Crippen LogP contribution is 2.33. The minimum absolute atomic E-state index is 0.249. The molecule has 4 rings (SSSR count). The Morgan fingerprint density at radius 3 is 2.42 bits per heavy atom. The maximum Gasteiger partial charge on any atom is 0.264 e. The second kappa shape index (κ2) is 9.07. The van der Waals surface area contributed by atoms with Crippen LogP contribution in [0.15, 0.2) is 57.8 Å². The second-order valence-electron chi connectivity index (χ2n) is 8.42. The highest BCUT2D eigenvalue weighted by molar-refractivity contribution is 7.92. The van der Waals surface area contributed by atoms with E-state index in [1.807, 2.05) is 6.07 Å². The fraction of sp³-hybridized carbons (Fsp3) is 0.333. The number of methoxy groups -OCH3 is 1. The Balaban J connectivity index is 1.63. The van der Waals surface area contributed by atoms with Gasteiger partial charge in [0.15, 0.2) is 0 Å². The fourth-order valence-electron chi connectivity index (χ4n) is 4.17. The minimum Gasteiger partial charge on any atom is -0.495 e. The van der Waals surface area contributed by atoms with Crippen LogP contribution in [0.4, 0.5) is 15.8 Å². The van der Waals surface area contributed by atoms with Gasteiger partial charge >= 0.3 is 0 Å². The van der Waals surface area contributed by atoms with Gasteiger partial charge in [0, 0.05) is 36.4 Å². The SMILES string of the molecule is COc1ccc(N2CC(C)NC(C)C2)cc1NS(=O)(=O)c1ccc(-c2ccc(C)o2)cc1F. The lowest BCUT2D eigenvalue weighted by Crippen LogP contribution is -2.54. The first-order chi connectivity index (χ1) is 15.7. The van der Waals surface area contributed by atoms with Crippen molar-refractivity contribution in [2.75, 3.05) is 29.8 Å². The Bertz CT molecular complexity index is 1250. The van der Waals surface area contributed by atoms with E-state index >= 15 is 0 Å². The summed E-state index contributed by atoms with van der Waals surface area (Å²) in [7, 11) is -2.75. The van der Waals surface area contributed by atoms with E-state index in [2.05, 4.69) is 28.8 Å². The van der Waals surface area contributed by atoms with Crippen LogP contribution in [0.3, 0.4) is 0 Å². The van der Waals surface area contributed by atoms with Gasteiger partial charge in [-0.3, -0.25) is 4.72 Å². The summed E-state index contributed by atoms with van der Waals surface area (Å²) in [5.41, 5.74) is 1.57. The number of furan rings is 1. The first-order valence-electron chi connectivity index (χ1n) is 10.7. The first-order valence-corrected chi connectivity index (χ1v) is 12.2. The van der Waals surface area contributed by atoms with Crippen molar-refractivity contribution in [1.29, 1.82) is 0 Å². The van der Waals surface area contributed by atoms with Gasteiger partial charge in [-0.25, -0.2) is 12.8 Å². The van der Waals surface area contributed by atoms with Gasteiger partial charge in [-0.05, 0) is 69.3 Å². The second-order valence-corrected chi connectivity index (χ2v) is 10.1. The van der Waals surface area contributed by atoms with E-state index in [0.717, 1.165) is 24.8 Å². The third-order valence-corrected chi connectivity index (χ3v) is 7.00. The number of hydrogen-bond donors (Lipinski definition) is 2. The molecule has 1 aliphatic heterocycles. The Morgan fingerprint density at radius 2 is 1.82 bits per heavy atom. The zero-order valence-corrected chi connectivity index (χ0v) is 19.9. The van der Waals surface area contributed by atoms with E-state index in [1.165, 1.54) is 19.2 Å². The van der Waals surface area contributed by atoms with Crippen molar-refractivity contribution < 1.29 is 22.0 Å². The molecule has 2 atom stereocenters. The van der Waals surface area contributed by atoms with Crippen LogP contribution < -0.4 is 19.7 Å². The predicted molar refractivity (Wildman–Crippen MR) is 127 cm³/mol. The van der Waals surface area contributed by atoms with E-state index < -0.39 is 20.7 Å². The molecule has 0 bridgehead atoms. The summed E-state index contributed by atoms with van der Waals surface area (Å²) >= 11 is 0. The van der Waals surface area contributed by atoms with Gasteiger partial charge in [0.05, 0.1) is 12.8 Å². The topological polar surface area (TPSA) is 83.8 Å². The summed E-state index contributed by atoms with van der Waals surface area (Å²) in [6, 6.07) is 13.3. The molecule has 2 aromatic carbocycles. The van der Waals surface area contributed by atoms with Crippen molar-refractivity contribution in [2.24, 2.45) is 0 Å². The van der Waals surface area contributed by atoms with Crippen LogP contribution in [0, 0.1) is 12.7 Å². The molecule has 1 aromatic heterocycles. The zero-order valence-electron chi connectivity index (χ0n) is 19.1. The molecule has 0 spiro atoms. The van der Waals surface area contributed by atoms with Crippen molar-refractivity contribution in [3.05, 3.63) is 60.1 Å². The lowest BCUT2D eigenvalue weighted by Gasteiger charge is -2.38. The van der Waals surface area contributed by atoms with Crippen molar-refractivity contribution >= 4 is 21.4 Å². The Kier molecular flexibility index (Phi) is 6.36. The zero-order chi connectivity index (χ0) is 23.8. The molecule has 176 valence electrons. The number of benzene rings is 2. The van der Waals surface area contributed by atoms with Crippen LogP contribution in [0.1, 0.15) is 19.6 Å². The number of nitrogens with zero attached hydrogens (tertiary/aromatic N) is 1.